The van der Waals surface area contributed by atoms with Crippen molar-refractivity contribution < 1.29 is 27.9 Å². The van der Waals surface area contributed by atoms with E-state index in [-0.39, 0.29) is 18.5 Å². The van der Waals surface area contributed by atoms with Crippen LogP contribution in [0.5, 0.6) is 0 Å². The van der Waals surface area contributed by atoms with E-state index in [4.69, 9.17) is 9.79 Å². The summed E-state index contributed by atoms with van der Waals surface area (Å²) in [5.41, 5.74) is 2.88. The van der Waals surface area contributed by atoms with Gasteiger partial charge in [0.1, 0.15) is 12.0 Å². The predicted molar refractivity (Wildman–Crippen MR) is 90.5 cm³/mol. The molecule has 0 aliphatic carbocycles. The molecular formula is C18H18FN2O3P+2. The summed E-state index contributed by atoms with van der Waals surface area (Å²) in [5.74, 6) is -0.266. The topological polar surface area (TPSA) is 65.3 Å². The van der Waals surface area contributed by atoms with Crippen molar-refractivity contribution in [1.29, 1.82) is 0 Å². The molecule has 0 fully saturated rings. The molecular weight excluding hydrogens is 342 g/mol. The first kappa shape index (κ1) is 17.4. The van der Waals surface area contributed by atoms with Gasteiger partial charge in [0, 0.05) is 36.4 Å². The highest BCUT2D eigenvalue weighted by Crippen LogP contribution is 2.33. The molecule has 0 aliphatic heterocycles. The monoisotopic (exact) mass is 360 g/mol. The normalized spacial score (nSPS) is 11.5. The second-order valence-corrected chi connectivity index (χ2v) is 7.46. The first-order valence-electron chi connectivity index (χ1n) is 7.72. The smallest absolute Gasteiger partial charge is 0.324 e. The first-order chi connectivity index (χ1) is 11.9. The highest BCUT2D eigenvalue weighted by atomic mass is 31.2. The Morgan fingerprint density at radius 2 is 1.36 bits per heavy atom. The molecule has 7 heteroatoms. The molecule has 25 heavy (non-hydrogen) atoms. The van der Waals surface area contributed by atoms with E-state index in [0.29, 0.717) is 0 Å². The molecule has 2 N–H and O–H groups in total. The van der Waals surface area contributed by atoms with Crippen molar-refractivity contribution in [1.82, 2.24) is 0 Å². The minimum absolute atomic E-state index is 0.181. The summed E-state index contributed by atoms with van der Waals surface area (Å²) < 4.78 is 27.5. The Hall–Kier alpha value is -2.40. The Kier molecular flexibility index (Phi) is 5.04. The molecule has 1 aromatic carbocycles. The molecule has 0 aliphatic rings. The van der Waals surface area contributed by atoms with E-state index < -0.39 is 7.60 Å². The summed E-state index contributed by atoms with van der Waals surface area (Å²) >= 11 is 0. The standard InChI is InChI=1S/C18H16FN2O3P/c19-17-1-3-18(4-2-17)21-11-7-16(8-12-21)15-5-9-20(10-6-15)13-14-25(22,23)24/h1-12H,13-14H2/p+2. The zero-order valence-corrected chi connectivity index (χ0v) is 14.3. The molecule has 3 rings (SSSR count). The fourth-order valence-corrected chi connectivity index (χ4v) is 2.94. The van der Waals surface area contributed by atoms with E-state index in [2.05, 4.69) is 0 Å². The zero-order chi connectivity index (χ0) is 17.9. The Bertz CT molecular complexity index is 891. The lowest BCUT2D eigenvalue weighted by Gasteiger charge is -2.02. The molecule has 0 bridgehead atoms. The Labute approximate surface area is 144 Å². The number of halogens is 1. The van der Waals surface area contributed by atoms with Crippen LogP contribution in [0.15, 0.2) is 73.3 Å². The van der Waals surface area contributed by atoms with Crippen molar-refractivity contribution in [3.05, 3.63) is 79.1 Å². The minimum Gasteiger partial charge on any atom is -0.324 e. The second kappa shape index (κ2) is 7.23. The molecule has 0 saturated heterocycles. The third-order valence-electron chi connectivity index (χ3n) is 3.83. The summed E-state index contributed by atoms with van der Waals surface area (Å²) in [6.45, 7) is 0.268. The van der Waals surface area contributed by atoms with Crippen LogP contribution in [0, 0.1) is 5.82 Å². The van der Waals surface area contributed by atoms with E-state index >= 15 is 0 Å². The number of rotatable bonds is 5. The van der Waals surface area contributed by atoms with Crippen LogP contribution in [-0.2, 0) is 11.1 Å². The number of pyridine rings is 2. The Morgan fingerprint density at radius 3 is 1.88 bits per heavy atom. The van der Waals surface area contributed by atoms with Crippen LogP contribution in [0.3, 0.4) is 0 Å². The Morgan fingerprint density at radius 1 is 0.840 bits per heavy atom. The summed E-state index contributed by atoms with van der Waals surface area (Å²) in [7, 11) is -3.99. The zero-order valence-electron chi connectivity index (χ0n) is 13.4. The molecule has 3 aromatic rings. The molecule has 2 heterocycles. The number of aryl methyl sites for hydroxylation is 1. The van der Waals surface area contributed by atoms with Crippen LogP contribution >= 0.6 is 7.60 Å². The average Bonchev–Trinajstić information content (AvgIpc) is 2.61. The summed E-state index contributed by atoms with van der Waals surface area (Å²) in [6.07, 6.45) is 7.22. The van der Waals surface area contributed by atoms with Gasteiger partial charge in [0.25, 0.3) is 0 Å². The average molecular weight is 360 g/mol. The lowest BCUT2D eigenvalue weighted by atomic mass is 10.1. The van der Waals surface area contributed by atoms with Crippen LogP contribution in [0.4, 0.5) is 4.39 Å². The molecule has 5 nitrogen and oxygen atoms in total. The highest BCUT2D eigenvalue weighted by molar-refractivity contribution is 7.51. The fourth-order valence-electron chi connectivity index (χ4n) is 2.45. The van der Waals surface area contributed by atoms with Crippen molar-refractivity contribution in [2.24, 2.45) is 0 Å². The third-order valence-corrected chi connectivity index (χ3v) is 4.61. The van der Waals surface area contributed by atoms with Crippen LogP contribution in [0.1, 0.15) is 0 Å². The lowest BCUT2D eigenvalue weighted by Crippen LogP contribution is -2.34. The number of hydrogen-bond acceptors (Lipinski definition) is 1. The predicted octanol–water partition coefficient (Wildman–Crippen LogP) is 2.23. The van der Waals surface area contributed by atoms with Crippen LogP contribution in [0.2, 0.25) is 0 Å². The molecule has 2 aromatic heterocycles. The van der Waals surface area contributed by atoms with Crippen molar-refractivity contribution in [2.45, 2.75) is 6.54 Å². The van der Waals surface area contributed by atoms with Gasteiger partial charge in [-0.2, -0.15) is 4.57 Å². The van der Waals surface area contributed by atoms with Crippen LogP contribution in [0.25, 0.3) is 16.8 Å². The molecule has 0 atom stereocenters. The van der Waals surface area contributed by atoms with Gasteiger partial charge < -0.3 is 9.79 Å². The van der Waals surface area contributed by atoms with Gasteiger partial charge in [0.15, 0.2) is 31.3 Å². The quantitative estimate of drug-likeness (QED) is 0.542. The molecule has 128 valence electrons. The van der Waals surface area contributed by atoms with Gasteiger partial charge in [-0.15, -0.1) is 0 Å². The van der Waals surface area contributed by atoms with E-state index in [1.165, 1.54) is 12.1 Å². The maximum atomic E-state index is 13.0. The second-order valence-electron chi connectivity index (χ2n) is 5.68. The number of nitrogens with zero attached hydrogens (tertiary/aromatic N) is 2. The summed E-state index contributed by atoms with van der Waals surface area (Å²) in [5, 5.41) is 0. The molecule has 0 saturated carbocycles. The van der Waals surface area contributed by atoms with Crippen molar-refractivity contribution >= 4 is 7.60 Å². The van der Waals surface area contributed by atoms with Crippen LogP contribution < -0.4 is 9.13 Å². The van der Waals surface area contributed by atoms with Gasteiger partial charge in [-0.3, -0.25) is 4.57 Å². The minimum atomic E-state index is -3.99. The molecule has 0 spiro atoms. The maximum absolute atomic E-state index is 13.0. The van der Waals surface area contributed by atoms with E-state index in [0.717, 1.165) is 16.8 Å². The molecule has 0 radical (unpaired) electrons. The summed E-state index contributed by atoms with van der Waals surface area (Å²) in [4.78, 5) is 17.8. The lowest BCUT2D eigenvalue weighted by molar-refractivity contribution is -0.692. The van der Waals surface area contributed by atoms with E-state index in [1.54, 1.807) is 29.1 Å². The Balaban J connectivity index is 1.74. The van der Waals surface area contributed by atoms with Gasteiger partial charge in [-0.1, -0.05) is 0 Å². The first-order valence-corrected chi connectivity index (χ1v) is 9.52. The van der Waals surface area contributed by atoms with Gasteiger partial charge in [0.05, 0.1) is 0 Å². The highest BCUT2D eigenvalue weighted by Gasteiger charge is 2.16. The number of aromatic nitrogens is 2. The SMILES string of the molecule is O=P(O)(O)CC[n+]1ccc(-c2cc[n+](-c3ccc(F)cc3)cc2)cc1. The van der Waals surface area contributed by atoms with Gasteiger partial charge >= 0.3 is 7.60 Å². The van der Waals surface area contributed by atoms with Crippen LogP contribution in [-0.4, -0.2) is 15.9 Å². The van der Waals surface area contributed by atoms with Gasteiger partial charge in [-0.25, -0.2) is 8.96 Å². The number of benzene rings is 1. The van der Waals surface area contributed by atoms with E-state index in [1.807, 2.05) is 41.2 Å². The molecule has 0 unspecified atom stereocenters. The van der Waals surface area contributed by atoms with Gasteiger partial charge in [0.2, 0.25) is 5.69 Å². The van der Waals surface area contributed by atoms with Crippen molar-refractivity contribution in [3.8, 4) is 16.8 Å². The summed E-state index contributed by atoms with van der Waals surface area (Å²) in [6, 6.07) is 14.0. The fraction of sp³-hybridized carbons (Fsp3) is 0.111. The maximum Gasteiger partial charge on any atom is 0.331 e. The van der Waals surface area contributed by atoms with Crippen molar-refractivity contribution in [2.75, 3.05) is 6.16 Å². The number of hydrogen-bond donors (Lipinski definition) is 2. The third kappa shape index (κ3) is 4.79. The van der Waals surface area contributed by atoms with E-state index in [9.17, 15) is 8.96 Å². The largest absolute Gasteiger partial charge is 0.331 e. The molecule has 0 amide bonds. The van der Waals surface area contributed by atoms with Crippen molar-refractivity contribution in [3.63, 3.8) is 0 Å². The van der Waals surface area contributed by atoms with Gasteiger partial charge in [-0.05, 0) is 23.3 Å².